The first-order valence-electron chi connectivity index (χ1n) is 7.65. The highest BCUT2D eigenvalue weighted by Crippen LogP contribution is 2.38. The van der Waals surface area contributed by atoms with Crippen molar-refractivity contribution in [3.63, 3.8) is 0 Å². The van der Waals surface area contributed by atoms with E-state index in [0.717, 1.165) is 13.0 Å². The van der Waals surface area contributed by atoms with E-state index in [2.05, 4.69) is 61.3 Å². The van der Waals surface area contributed by atoms with Gasteiger partial charge < -0.3 is 10.6 Å². The summed E-state index contributed by atoms with van der Waals surface area (Å²) in [7, 11) is 6.58. The fraction of sp³-hybridized carbons (Fsp3) is 0.588. The first kappa shape index (κ1) is 16.4. The Morgan fingerprint density at radius 2 is 1.86 bits per heavy atom. The maximum atomic E-state index is 5.83. The van der Waals surface area contributed by atoms with Crippen LogP contribution in [0.25, 0.3) is 0 Å². The average molecular weight is 305 g/mol. The molecule has 1 atom stereocenters. The molecule has 3 nitrogen and oxygen atoms in total. The van der Waals surface area contributed by atoms with Crippen molar-refractivity contribution in [1.29, 1.82) is 0 Å². The first-order valence-corrected chi connectivity index (χ1v) is 8.06. The highest BCUT2D eigenvalue weighted by molar-refractivity contribution is 7.80. The summed E-state index contributed by atoms with van der Waals surface area (Å²) < 4.78 is 0. The third-order valence-corrected chi connectivity index (χ3v) is 5.05. The molecule has 1 aromatic carbocycles. The van der Waals surface area contributed by atoms with Gasteiger partial charge in [0.15, 0.2) is 0 Å². The van der Waals surface area contributed by atoms with Crippen LogP contribution >= 0.6 is 12.2 Å². The van der Waals surface area contributed by atoms with Crippen molar-refractivity contribution in [2.45, 2.75) is 37.3 Å². The Morgan fingerprint density at radius 1 is 1.24 bits per heavy atom. The van der Waals surface area contributed by atoms with Crippen molar-refractivity contribution in [3.8, 4) is 0 Å². The highest BCUT2D eigenvalue weighted by atomic mass is 32.1. The minimum atomic E-state index is 0.265. The van der Waals surface area contributed by atoms with E-state index in [1.165, 1.54) is 24.8 Å². The van der Waals surface area contributed by atoms with Gasteiger partial charge in [-0.2, -0.15) is 0 Å². The minimum absolute atomic E-state index is 0.265. The Morgan fingerprint density at radius 3 is 2.29 bits per heavy atom. The van der Waals surface area contributed by atoms with Gasteiger partial charge in [-0.1, -0.05) is 42.5 Å². The molecule has 1 unspecified atom stereocenters. The summed E-state index contributed by atoms with van der Waals surface area (Å²) in [5.41, 5.74) is 7.44. The Kier molecular flexibility index (Phi) is 5.36. The van der Waals surface area contributed by atoms with Crippen LogP contribution in [0, 0.1) is 0 Å². The Bertz CT molecular complexity index is 468. The van der Waals surface area contributed by atoms with Gasteiger partial charge in [0.1, 0.15) is 0 Å². The average Bonchev–Trinajstić information content (AvgIpc) is 2.40. The van der Waals surface area contributed by atoms with E-state index in [4.69, 9.17) is 18.0 Å². The third-order valence-electron chi connectivity index (χ3n) is 4.89. The number of hydrogen-bond acceptors (Lipinski definition) is 3. The van der Waals surface area contributed by atoms with Crippen LogP contribution in [-0.2, 0) is 0 Å². The number of nitrogens with two attached hydrogens (primary N) is 1. The van der Waals surface area contributed by atoms with Gasteiger partial charge in [0, 0.05) is 24.5 Å². The molecule has 21 heavy (non-hydrogen) atoms. The summed E-state index contributed by atoms with van der Waals surface area (Å²) in [6.07, 6.45) is 4.62. The number of rotatable bonds is 7. The van der Waals surface area contributed by atoms with Crippen LogP contribution < -0.4 is 5.73 Å². The molecular formula is C17H27N3S. The number of nitrogens with zero attached hydrogens (tertiary/aromatic N) is 2. The van der Waals surface area contributed by atoms with Crippen molar-refractivity contribution < 1.29 is 0 Å². The lowest BCUT2D eigenvalue weighted by Gasteiger charge is -2.50. The molecule has 1 fully saturated rings. The third kappa shape index (κ3) is 3.82. The Labute approximate surface area is 134 Å². The predicted octanol–water partition coefficient (Wildman–Crippen LogP) is 2.82. The van der Waals surface area contributed by atoms with Crippen LogP contribution in [0.2, 0.25) is 0 Å². The lowest BCUT2D eigenvalue weighted by molar-refractivity contribution is 0.0166. The molecule has 116 valence electrons. The second-order valence-electron chi connectivity index (χ2n) is 6.48. The van der Waals surface area contributed by atoms with Gasteiger partial charge >= 0.3 is 0 Å². The van der Waals surface area contributed by atoms with Gasteiger partial charge in [-0.25, -0.2) is 0 Å². The normalized spacial score (nSPS) is 18.5. The molecule has 2 rings (SSSR count). The standard InChI is InChI=1S/C17H27N3S/c1-19(2)17(10-7-11-17)13-20(3)15(12-16(18)21)14-8-5-4-6-9-14/h4-6,8-9,15H,7,10-13H2,1-3H3,(H2,18,21). The summed E-state index contributed by atoms with van der Waals surface area (Å²) in [5.74, 6) is 0. The lowest BCUT2D eigenvalue weighted by Crippen LogP contribution is -2.57. The second-order valence-corrected chi connectivity index (χ2v) is 7.01. The van der Waals surface area contributed by atoms with Crippen LogP contribution in [0.4, 0.5) is 0 Å². The first-order chi connectivity index (χ1) is 9.94. The predicted molar refractivity (Wildman–Crippen MR) is 93.5 cm³/mol. The van der Waals surface area contributed by atoms with Crippen molar-refractivity contribution in [1.82, 2.24) is 9.80 Å². The molecule has 0 aliphatic heterocycles. The summed E-state index contributed by atoms with van der Waals surface area (Å²) in [4.78, 5) is 5.40. The monoisotopic (exact) mass is 305 g/mol. The van der Waals surface area contributed by atoms with Crippen molar-refractivity contribution in [2.75, 3.05) is 27.7 Å². The summed E-state index contributed by atoms with van der Waals surface area (Å²) in [5, 5.41) is 0. The fourth-order valence-corrected chi connectivity index (χ4v) is 3.46. The second kappa shape index (κ2) is 6.86. The van der Waals surface area contributed by atoms with Gasteiger partial charge in [0.05, 0.1) is 4.99 Å². The Hall–Kier alpha value is -0.970. The number of benzene rings is 1. The van der Waals surface area contributed by atoms with E-state index in [1.807, 2.05) is 0 Å². The van der Waals surface area contributed by atoms with E-state index < -0.39 is 0 Å². The zero-order valence-corrected chi connectivity index (χ0v) is 14.2. The largest absolute Gasteiger partial charge is 0.393 e. The smallest absolute Gasteiger partial charge is 0.0746 e. The van der Waals surface area contributed by atoms with Gasteiger partial charge in [0.25, 0.3) is 0 Å². The van der Waals surface area contributed by atoms with Gasteiger partial charge in [0.2, 0.25) is 0 Å². The van der Waals surface area contributed by atoms with E-state index >= 15 is 0 Å². The summed E-state index contributed by atoms with van der Waals surface area (Å²) in [6, 6.07) is 10.8. The molecular weight excluding hydrogens is 278 g/mol. The van der Waals surface area contributed by atoms with Crippen LogP contribution in [0.3, 0.4) is 0 Å². The van der Waals surface area contributed by atoms with Crippen LogP contribution in [0.15, 0.2) is 30.3 Å². The molecule has 1 aliphatic carbocycles. The zero-order valence-electron chi connectivity index (χ0n) is 13.4. The molecule has 0 radical (unpaired) electrons. The van der Waals surface area contributed by atoms with Crippen LogP contribution in [0.5, 0.6) is 0 Å². The number of likely N-dealkylation sites (N-methyl/N-ethyl adjacent to an activating group) is 2. The molecule has 0 heterocycles. The van der Waals surface area contributed by atoms with Gasteiger partial charge in [-0.3, -0.25) is 4.90 Å². The van der Waals surface area contributed by atoms with Crippen molar-refractivity contribution in [2.24, 2.45) is 5.73 Å². The molecule has 0 saturated heterocycles. The van der Waals surface area contributed by atoms with Crippen LogP contribution in [-0.4, -0.2) is 48.0 Å². The zero-order chi connectivity index (χ0) is 15.5. The topological polar surface area (TPSA) is 32.5 Å². The molecule has 0 spiro atoms. The number of thiocarbonyl (C=S) groups is 1. The maximum Gasteiger partial charge on any atom is 0.0746 e. The summed E-state index contributed by atoms with van der Waals surface area (Å²) >= 11 is 5.17. The SMILES string of the molecule is CN(CC1(N(C)C)CCC1)C(CC(N)=S)c1ccccc1. The molecule has 0 bridgehead atoms. The molecule has 1 aliphatic rings. The Balaban J connectivity index is 2.15. The van der Waals surface area contributed by atoms with Gasteiger partial charge in [-0.15, -0.1) is 0 Å². The van der Waals surface area contributed by atoms with E-state index in [1.54, 1.807) is 0 Å². The summed E-state index contributed by atoms with van der Waals surface area (Å²) in [6.45, 7) is 1.06. The highest BCUT2D eigenvalue weighted by Gasteiger charge is 2.40. The van der Waals surface area contributed by atoms with Gasteiger partial charge in [-0.05, 0) is 46.0 Å². The lowest BCUT2D eigenvalue weighted by atomic mass is 9.75. The van der Waals surface area contributed by atoms with E-state index in [-0.39, 0.29) is 6.04 Å². The van der Waals surface area contributed by atoms with Crippen molar-refractivity contribution >= 4 is 17.2 Å². The molecule has 4 heteroatoms. The molecule has 1 aromatic rings. The van der Waals surface area contributed by atoms with E-state index in [0.29, 0.717) is 10.5 Å². The number of hydrogen-bond donors (Lipinski definition) is 1. The quantitative estimate of drug-likeness (QED) is 0.785. The molecule has 2 N–H and O–H groups in total. The van der Waals surface area contributed by atoms with Crippen molar-refractivity contribution in [3.05, 3.63) is 35.9 Å². The fourth-order valence-electron chi connectivity index (χ4n) is 3.30. The molecule has 0 amide bonds. The van der Waals surface area contributed by atoms with Crippen LogP contribution in [0.1, 0.15) is 37.3 Å². The maximum absolute atomic E-state index is 5.83. The van der Waals surface area contributed by atoms with E-state index in [9.17, 15) is 0 Å². The molecule has 0 aromatic heterocycles. The molecule has 1 saturated carbocycles. The minimum Gasteiger partial charge on any atom is -0.393 e.